The molecule has 1 aliphatic rings. The monoisotopic (exact) mass is 380 g/mol. The summed E-state index contributed by atoms with van der Waals surface area (Å²) in [5.41, 5.74) is 0.912. The van der Waals surface area contributed by atoms with Gasteiger partial charge < -0.3 is 5.32 Å². The fraction of sp³-hybridized carbons (Fsp3) is 0.650. The van der Waals surface area contributed by atoms with Crippen molar-refractivity contribution in [1.29, 1.82) is 0 Å². The third-order valence-corrected chi connectivity index (χ3v) is 7.32. The smallest absolute Gasteiger partial charge is 0.243 e. The molecule has 1 aromatic rings. The van der Waals surface area contributed by atoms with Crippen LogP contribution in [-0.2, 0) is 21.4 Å². The Labute approximate surface area is 158 Å². The molecule has 1 aliphatic carbocycles. The van der Waals surface area contributed by atoms with Gasteiger partial charge in [0.05, 0.1) is 4.90 Å². The molecule has 1 saturated carbocycles. The fourth-order valence-corrected chi connectivity index (χ4v) is 5.05. The second-order valence-electron chi connectivity index (χ2n) is 7.05. The lowest BCUT2D eigenvalue weighted by atomic mass is 9.86. The standard InChI is InChI=1S/C20H32N2O3S/c1-3-22(4-2)26(24,25)19-13-10-18(11-14-19)16-21-20(23)15-12-17-8-6-5-7-9-17/h10-11,13-14,17H,3-9,12,15-16H2,1-2H3,(H,21,23). The third-order valence-electron chi connectivity index (χ3n) is 5.26. The molecule has 5 nitrogen and oxygen atoms in total. The van der Waals surface area contributed by atoms with Gasteiger partial charge in [0.1, 0.15) is 0 Å². The van der Waals surface area contributed by atoms with Crippen LogP contribution in [0.3, 0.4) is 0 Å². The predicted molar refractivity (Wildman–Crippen MR) is 104 cm³/mol. The highest BCUT2D eigenvalue weighted by atomic mass is 32.2. The predicted octanol–water partition coefficient (Wildman–Crippen LogP) is 3.69. The number of amides is 1. The molecule has 1 aromatic carbocycles. The number of rotatable bonds is 9. The highest BCUT2D eigenvalue weighted by Crippen LogP contribution is 2.27. The molecule has 0 radical (unpaired) electrons. The first-order chi connectivity index (χ1) is 12.5. The molecule has 6 heteroatoms. The number of nitrogens with zero attached hydrogens (tertiary/aromatic N) is 1. The van der Waals surface area contributed by atoms with Crippen LogP contribution < -0.4 is 5.32 Å². The van der Waals surface area contributed by atoms with E-state index in [1.807, 2.05) is 13.8 Å². The van der Waals surface area contributed by atoms with Gasteiger partial charge in [-0.1, -0.05) is 58.1 Å². The van der Waals surface area contributed by atoms with Gasteiger partial charge in [-0.2, -0.15) is 4.31 Å². The Bertz CT molecular complexity index is 661. The minimum Gasteiger partial charge on any atom is -0.352 e. The molecule has 1 N–H and O–H groups in total. The van der Waals surface area contributed by atoms with Crippen LogP contribution in [0.25, 0.3) is 0 Å². The van der Waals surface area contributed by atoms with Gasteiger partial charge in [-0.05, 0) is 30.0 Å². The van der Waals surface area contributed by atoms with Crippen LogP contribution in [0, 0.1) is 5.92 Å². The van der Waals surface area contributed by atoms with Gasteiger partial charge >= 0.3 is 0 Å². The molecule has 0 heterocycles. The first-order valence-electron chi connectivity index (χ1n) is 9.83. The van der Waals surface area contributed by atoms with E-state index in [-0.39, 0.29) is 5.91 Å². The van der Waals surface area contributed by atoms with Gasteiger partial charge in [0, 0.05) is 26.1 Å². The van der Waals surface area contributed by atoms with Gasteiger partial charge in [0.15, 0.2) is 0 Å². The molecule has 2 rings (SSSR count). The first kappa shape index (κ1) is 20.9. The Morgan fingerprint density at radius 1 is 1.08 bits per heavy atom. The number of nitrogens with one attached hydrogen (secondary N) is 1. The van der Waals surface area contributed by atoms with Crippen molar-refractivity contribution in [3.63, 3.8) is 0 Å². The Balaban J connectivity index is 1.82. The Morgan fingerprint density at radius 3 is 2.27 bits per heavy atom. The van der Waals surface area contributed by atoms with Crippen molar-refractivity contribution >= 4 is 15.9 Å². The van der Waals surface area contributed by atoms with E-state index >= 15 is 0 Å². The van der Waals surface area contributed by atoms with Crippen molar-refractivity contribution in [3.8, 4) is 0 Å². The zero-order valence-corrected chi connectivity index (χ0v) is 16.9. The van der Waals surface area contributed by atoms with Gasteiger partial charge in [-0.25, -0.2) is 8.42 Å². The van der Waals surface area contributed by atoms with Crippen molar-refractivity contribution in [2.45, 2.75) is 70.2 Å². The van der Waals surface area contributed by atoms with Crippen LogP contribution in [0.15, 0.2) is 29.2 Å². The average Bonchev–Trinajstić information content (AvgIpc) is 2.66. The molecule has 1 amide bonds. The zero-order valence-electron chi connectivity index (χ0n) is 16.0. The summed E-state index contributed by atoms with van der Waals surface area (Å²) in [6.45, 7) is 5.01. The maximum Gasteiger partial charge on any atom is 0.243 e. The molecule has 0 unspecified atom stereocenters. The Morgan fingerprint density at radius 2 is 1.69 bits per heavy atom. The van der Waals surface area contributed by atoms with Crippen molar-refractivity contribution in [1.82, 2.24) is 9.62 Å². The maximum atomic E-state index is 12.5. The van der Waals surface area contributed by atoms with Gasteiger partial charge in [-0.3, -0.25) is 4.79 Å². The Hall–Kier alpha value is -1.40. The number of hydrogen-bond acceptors (Lipinski definition) is 3. The van der Waals surface area contributed by atoms with E-state index in [4.69, 9.17) is 0 Å². The van der Waals surface area contributed by atoms with Crippen LogP contribution >= 0.6 is 0 Å². The topological polar surface area (TPSA) is 66.5 Å². The number of sulfonamides is 1. The van der Waals surface area contributed by atoms with Crippen molar-refractivity contribution in [2.75, 3.05) is 13.1 Å². The molecule has 0 bridgehead atoms. The second-order valence-corrected chi connectivity index (χ2v) is 8.99. The molecule has 26 heavy (non-hydrogen) atoms. The minimum atomic E-state index is -3.42. The average molecular weight is 381 g/mol. The largest absolute Gasteiger partial charge is 0.352 e. The van der Waals surface area contributed by atoms with Crippen molar-refractivity contribution in [3.05, 3.63) is 29.8 Å². The fourth-order valence-electron chi connectivity index (χ4n) is 3.59. The first-order valence-corrected chi connectivity index (χ1v) is 11.3. The second kappa shape index (κ2) is 10.1. The summed E-state index contributed by atoms with van der Waals surface area (Å²) in [7, 11) is -3.42. The molecule has 0 aromatic heterocycles. The summed E-state index contributed by atoms with van der Waals surface area (Å²) in [5, 5.41) is 2.94. The molecule has 146 valence electrons. The minimum absolute atomic E-state index is 0.0791. The number of benzene rings is 1. The van der Waals surface area contributed by atoms with E-state index in [1.165, 1.54) is 36.4 Å². The van der Waals surface area contributed by atoms with Crippen LogP contribution in [0.1, 0.15) is 64.4 Å². The van der Waals surface area contributed by atoms with Crippen LogP contribution in [0.4, 0.5) is 0 Å². The lowest BCUT2D eigenvalue weighted by molar-refractivity contribution is -0.121. The van der Waals surface area contributed by atoms with E-state index in [0.717, 1.165) is 12.0 Å². The Kier molecular flexibility index (Phi) is 8.10. The SMILES string of the molecule is CCN(CC)S(=O)(=O)c1ccc(CNC(=O)CCC2CCCCC2)cc1. The molecule has 0 saturated heterocycles. The number of hydrogen-bond donors (Lipinski definition) is 1. The number of carbonyl (C=O) groups excluding carboxylic acids is 1. The maximum absolute atomic E-state index is 12.5. The van der Waals surface area contributed by atoms with Crippen LogP contribution in [-0.4, -0.2) is 31.7 Å². The van der Waals surface area contributed by atoms with Crippen LogP contribution in [0.5, 0.6) is 0 Å². The highest BCUT2D eigenvalue weighted by molar-refractivity contribution is 7.89. The molecule has 0 spiro atoms. The van der Waals surface area contributed by atoms with E-state index in [0.29, 0.717) is 36.9 Å². The molecule has 0 aliphatic heterocycles. The quantitative estimate of drug-likeness (QED) is 0.710. The summed E-state index contributed by atoms with van der Waals surface area (Å²) in [6, 6.07) is 6.80. The summed E-state index contributed by atoms with van der Waals surface area (Å²) < 4.78 is 26.4. The number of carbonyl (C=O) groups is 1. The van der Waals surface area contributed by atoms with E-state index in [1.54, 1.807) is 24.3 Å². The third kappa shape index (κ3) is 5.81. The normalized spacial score (nSPS) is 16.0. The van der Waals surface area contributed by atoms with Gasteiger partial charge in [-0.15, -0.1) is 0 Å². The molecule has 1 fully saturated rings. The molecular formula is C20H32N2O3S. The van der Waals surface area contributed by atoms with Gasteiger partial charge in [0.2, 0.25) is 15.9 Å². The lowest BCUT2D eigenvalue weighted by Gasteiger charge is -2.21. The van der Waals surface area contributed by atoms with Crippen molar-refractivity contribution < 1.29 is 13.2 Å². The van der Waals surface area contributed by atoms with E-state index in [9.17, 15) is 13.2 Å². The van der Waals surface area contributed by atoms with E-state index in [2.05, 4.69) is 5.32 Å². The lowest BCUT2D eigenvalue weighted by Crippen LogP contribution is -2.30. The zero-order chi connectivity index (χ0) is 19.0. The van der Waals surface area contributed by atoms with Crippen molar-refractivity contribution in [2.24, 2.45) is 5.92 Å². The summed E-state index contributed by atoms with van der Waals surface area (Å²) in [4.78, 5) is 12.3. The summed E-state index contributed by atoms with van der Waals surface area (Å²) in [5.74, 6) is 0.787. The highest BCUT2D eigenvalue weighted by Gasteiger charge is 2.21. The summed E-state index contributed by atoms with van der Waals surface area (Å²) >= 11 is 0. The van der Waals surface area contributed by atoms with E-state index < -0.39 is 10.0 Å². The molecule has 0 atom stereocenters. The van der Waals surface area contributed by atoms with Gasteiger partial charge in [0.25, 0.3) is 0 Å². The molecular weight excluding hydrogens is 348 g/mol. The summed E-state index contributed by atoms with van der Waals surface area (Å²) in [6.07, 6.45) is 8.02. The van der Waals surface area contributed by atoms with Crippen LogP contribution in [0.2, 0.25) is 0 Å².